The molecule has 0 atom stereocenters. The number of amides is 1. The van der Waals surface area contributed by atoms with E-state index in [-0.39, 0.29) is 0 Å². The van der Waals surface area contributed by atoms with Crippen LogP contribution in [-0.4, -0.2) is 16.1 Å². The standard InChI is InChI=1S/C21H16N2O3S/c24-20(23-25)15-9-10-18-19(12-15)27-21(22-18)16-7-4-8-17(11-16)26-13-14-5-2-1-3-6-14/h1-12,25H,13H2,(H,23,24). The molecule has 0 aliphatic carbocycles. The molecule has 0 saturated carbocycles. The summed E-state index contributed by atoms with van der Waals surface area (Å²) in [6, 6.07) is 22.9. The minimum absolute atomic E-state index is 0.389. The van der Waals surface area contributed by atoms with Gasteiger partial charge in [-0.3, -0.25) is 10.0 Å². The van der Waals surface area contributed by atoms with Crippen molar-refractivity contribution in [3.05, 3.63) is 83.9 Å². The molecule has 2 N–H and O–H groups in total. The van der Waals surface area contributed by atoms with Crippen LogP contribution in [0, 0.1) is 0 Å². The van der Waals surface area contributed by atoms with E-state index in [1.165, 1.54) is 11.3 Å². The second kappa shape index (κ2) is 7.57. The summed E-state index contributed by atoms with van der Waals surface area (Å²) in [4.78, 5) is 16.2. The molecule has 6 heteroatoms. The highest BCUT2D eigenvalue weighted by Crippen LogP contribution is 2.32. The van der Waals surface area contributed by atoms with Crippen molar-refractivity contribution in [1.29, 1.82) is 0 Å². The van der Waals surface area contributed by atoms with Crippen LogP contribution in [-0.2, 0) is 6.61 Å². The quantitative estimate of drug-likeness (QED) is 0.392. The van der Waals surface area contributed by atoms with Gasteiger partial charge in [-0.05, 0) is 35.9 Å². The molecule has 1 amide bonds. The van der Waals surface area contributed by atoms with Gasteiger partial charge in [-0.1, -0.05) is 42.5 Å². The predicted molar refractivity (Wildman–Crippen MR) is 105 cm³/mol. The number of nitrogens with one attached hydrogen (secondary N) is 1. The monoisotopic (exact) mass is 376 g/mol. The van der Waals surface area contributed by atoms with Crippen LogP contribution in [0.25, 0.3) is 20.8 Å². The Balaban J connectivity index is 1.58. The number of nitrogens with zero attached hydrogens (tertiary/aromatic N) is 1. The van der Waals surface area contributed by atoms with Crippen molar-refractivity contribution in [3.8, 4) is 16.3 Å². The molecule has 1 heterocycles. The van der Waals surface area contributed by atoms with E-state index in [0.29, 0.717) is 12.2 Å². The summed E-state index contributed by atoms with van der Waals surface area (Å²) < 4.78 is 6.77. The molecular weight excluding hydrogens is 360 g/mol. The molecule has 134 valence electrons. The van der Waals surface area contributed by atoms with Crippen LogP contribution >= 0.6 is 11.3 Å². The molecule has 27 heavy (non-hydrogen) atoms. The van der Waals surface area contributed by atoms with Crippen LogP contribution in [0.15, 0.2) is 72.8 Å². The van der Waals surface area contributed by atoms with Crippen molar-refractivity contribution in [3.63, 3.8) is 0 Å². The van der Waals surface area contributed by atoms with Gasteiger partial charge in [0.25, 0.3) is 5.91 Å². The predicted octanol–water partition coefficient (Wildman–Crippen LogP) is 4.66. The lowest BCUT2D eigenvalue weighted by molar-refractivity contribution is 0.0706. The van der Waals surface area contributed by atoms with Crippen LogP contribution < -0.4 is 10.2 Å². The lowest BCUT2D eigenvalue weighted by atomic mass is 10.2. The van der Waals surface area contributed by atoms with E-state index in [1.54, 1.807) is 23.7 Å². The highest BCUT2D eigenvalue weighted by atomic mass is 32.1. The summed E-state index contributed by atoms with van der Waals surface area (Å²) in [5, 5.41) is 9.63. The van der Waals surface area contributed by atoms with Gasteiger partial charge in [-0.2, -0.15) is 0 Å². The van der Waals surface area contributed by atoms with Gasteiger partial charge in [0.05, 0.1) is 10.2 Å². The summed E-state index contributed by atoms with van der Waals surface area (Å²) in [7, 11) is 0. The highest BCUT2D eigenvalue weighted by Gasteiger charge is 2.11. The molecule has 0 radical (unpaired) electrons. The van der Waals surface area contributed by atoms with E-state index >= 15 is 0 Å². The highest BCUT2D eigenvalue weighted by molar-refractivity contribution is 7.21. The number of ether oxygens (including phenoxy) is 1. The Labute approximate surface area is 159 Å². The Morgan fingerprint density at radius 1 is 1.04 bits per heavy atom. The summed E-state index contributed by atoms with van der Waals surface area (Å²) in [5.41, 5.74) is 4.91. The Kier molecular flexibility index (Phi) is 4.82. The van der Waals surface area contributed by atoms with Crippen molar-refractivity contribution in [2.24, 2.45) is 0 Å². The topological polar surface area (TPSA) is 71.5 Å². The lowest BCUT2D eigenvalue weighted by Crippen LogP contribution is -2.18. The second-order valence-corrected chi connectivity index (χ2v) is 6.98. The number of thiazole rings is 1. The third-order valence-electron chi connectivity index (χ3n) is 4.08. The smallest absolute Gasteiger partial charge is 0.274 e. The van der Waals surface area contributed by atoms with Crippen LogP contribution in [0.1, 0.15) is 15.9 Å². The molecule has 0 unspecified atom stereocenters. The zero-order chi connectivity index (χ0) is 18.6. The van der Waals surface area contributed by atoms with E-state index < -0.39 is 5.91 Å². The Hall–Kier alpha value is -3.22. The third kappa shape index (κ3) is 3.81. The maximum atomic E-state index is 11.6. The van der Waals surface area contributed by atoms with Gasteiger partial charge in [0.2, 0.25) is 0 Å². The molecular formula is C21H16N2O3S. The van der Waals surface area contributed by atoms with Crippen LogP contribution in [0.3, 0.4) is 0 Å². The molecule has 4 rings (SSSR count). The van der Waals surface area contributed by atoms with Crippen LogP contribution in [0.4, 0.5) is 0 Å². The van der Waals surface area contributed by atoms with E-state index in [4.69, 9.17) is 9.94 Å². The van der Waals surface area contributed by atoms with Crippen molar-refractivity contribution in [1.82, 2.24) is 10.5 Å². The molecule has 0 saturated heterocycles. The fourth-order valence-corrected chi connectivity index (χ4v) is 3.71. The summed E-state index contributed by atoms with van der Waals surface area (Å²) in [5.74, 6) is 0.235. The maximum absolute atomic E-state index is 11.6. The molecule has 5 nitrogen and oxygen atoms in total. The normalized spacial score (nSPS) is 10.7. The van der Waals surface area contributed by atoms with Crippen LogP contribution in [0.5, 0.6) is 5.75 Å². The maximum Gasteiger partial charge on any atom is 0.274 e. The van der Waals surface area contributed by atoms with Gasteiger partial charge < -0.3 is 4.74 Å². The molecule has 0 fully saturated rings. The van der Waals surface area contributed by atoms with Gasteiger partial charge in [0.15, 0.2) is 0 Å². The summed E-state index contributed by atoms with van der Waals surface area (Å²) in [6.07, 6.45) is 0. The fraction of sp³-hybridized carbons (Fsp3) is 0.0476. The number of carbonyl (C=O) groups excluding carboxylic acids is 1. The molecule has 1 aromatic heterocycles. The van der Waals surface area contributed by atoms with Gasteiger partial charge in [0.1, 0.15) is 17.4 Å². The Morgan fingerprint density at radius 2 is 1.89 bits per heavy atom. The van der Waals surface area contributed by atoms with E-state index in [2.05, 4.69) is 4.98 Å². The first-order valence-electron chi connectivity index (χ1n) is 8.35. The average Bonchev–Trinajstić information content (AvgIpc) is 3.16. The minimum atomic E-state index is -0.539. The zero-order valence-corrected chi connectivity index (χ0v) is 15.1. The number of aromatic nitrogens is 1. The van der Waals surface area contributed by atoms with Crippen molar-refractivity contribution >= 4 is 27.5 Å². The molecule has 0 aliphatic rings. The average molecular weight is 376 g/mol. The van der Waals surface area contributed by atoms with E-state index in [1.807, 2.05) is 54.6 Å². The van der Waals surface area contributed by atoms with Crippen LogP contribution in [0.2, 0.25) is 0 Å². The van der Waals surface area contributed by atoms with Crippen molar-refractivity contribution in [2.75, 3.05) is 0 Å². The van der Waals surface area contributed by atoms with Crippen molar-refractivity contribution < 1.29 is 14.7 Å². The van der Waals surface area contributed by atoms with E-state index in [0.717, 1.165) is 32.1 Å². The number of fused-ring (bicyclic) bond motifs is 1. The molecule has 3 aromatic carbocycles. The number of carbonyl (C=O) groups is 1. The van der Waals surface area contributed by atoms with Gasteiger partial charge in [-0.25, -0.2) is 10.5 Å². The third-order valence-corrected chi connectivity index (χ3v) is 5.15. The fourth-order valence-electron chi connectivity index (χ4n) is 2.71. The first kappa shape index (κ1) is 17.2. The summed E-state index contributed by atoms with van der Waals surface area (Å²) >= 11 is 1.49. The number of hydrogen-bond acceptors (Lipinski definition) is 5. The molecule has 0 aliphatic heterocycles. The van der Waals surface area contributed by atoms with Gasteiger partial charge >= 0.3 is 0 Å². The largest absolute Gasteiger partial charge is 0.489 e. The molecule has 0 bridgehead atoms. The Morgan fingerprint density at radius 3 is 2.70 bits per heavy atom. The number of hydrogen-bond donors (Lipinski definition) is 2. The van der Waals surface area contributed by atoms with Crippen molar-refractivity contribution in [2.45, 2.75) is 6.61 Å². The van der Waals surface area contributed by atoms with Gasteiger partial charge in [0, 0.05) is 11.1 Å². The SMILES string of the molecule is O=C(NO)c1ccc2nc(-c3cccc(OCc4ccccc4)c3)sc2c1. The van der Waals surface area contributed by atoms with Gasteiger partial charge in [-0.15, -0.1) is 11.3 Å². The molecule has 4 aromatic rings. The number of rotatable bonds is 5. The summed E-state index contributed by atoms with van der Waals surface area (Å²) in [6.45, 7) is 0.504. The Bertz CT molecular complexity index is 1090. The first-order valence-corrected chi connectivity index (χ1v) is 9.17. The lowest BCUT2D eigenvalue weighted by Gasteiger charge is -2.07. The van der Waals surface area contributed by atoms with E-state index in [9.17, 15) is 4.79 Å². The zero-order valence-electron chi connectivity index (χ0n) is 14.3. The number of benzene rings is 3. The molecule has 0 spiro atoms. The first-order chi connectivity index (χ1) is 13.2. The second-order valence-electron chi connectivity index (χ2n) is 5.94. The minimum Gasteiger partial charge on any atom is -0.489 e. The number of hydroxylamine groups is 1.